The van der Waals surface area contributed by atoms with E-state index in [1.165, 1.54) is 13.2 Å². The van der Waals surface area contributed by atoms with E-state index in [4.69, 9.17) is 16.3 Å². The molecule has 172 valence electrons. The second kappa shape index (κ2) is 10.9. The number of hydrogen-bond donors (Lipinski definition) is 1. The van der Waals surface area contributed by atoms with Crippen molar-refractivity contribution in [1.82, 2.24) is 4.90 Å². The van der Waals surface area contributed by atoms with Crippen LogP contribution in [0.25, 0.3) is 6.08 Å². The van der Waals surface area contributed by atoms with Crippen molar-refractivity contribution in [3.05, 3.63) is 61.9 Å². The zero-order valence-corrected chi connectivity index (χ0v) is 20.7. The van der Waals surface area contributed by atoms with Crippen LogP contribution in [0.2, 0.25) is 5.02 Å². The fourth-order valence-corrected chi connectivity index (χ4v) is 4.25. The number of amides is 3. The van der Waals surface area contributed by atoms with Gasteiger partial charge in [0.1, 0.15) is 12.3 Å². The Balaban J connectivity index is 1.62. The summed E-state index contributed by atoms with van der Waals surface area (Å²) in [6, 6.07) is 10.2. The highest BCUT2D eigenvalue weighted by Crippen LogP contribution is 2.34. The largest absolute Gasteiger partial charge is 0.483 e. The molecule has 8 nitrogen and oxygen atoms in total. The molecule has 3 rings (SSSR count). The van der Waals surface area contributed by atoms with Gasteiger partial charge in [-0.15, -0.1) is 0 Å². The van der Waals surface area contributed by atoms with Gasteiger partial charge in [-0.1, -0.05) is 23.7 Å². The molecule has 1 fully saturated rings. The molecule has 1 heterocycles. The van der Waals surface area contributed by atoms with Gasteiger partial charge in [0, 0.05) is 10.7 Å². The monoisotopic (exact) mass is 552 g/mol. The summed E-state index contributed by atoms with van der Waals surface area (Å²) in [6.45, 7) is 1.20. The second-order valence-electron chi connectivity index (χ2n) is 6.83. The van der Waals surface area contributed by atoms with Gasteiger partial charge in [-0.2, -0.15) is 0 Å². The van der Waals surface area contributed by atoms with Gasteiger partial charge >= 0.3 is 5.97 Å². The van der Waals surface area contributed by atoms with Crippen molar-refractivity contribution in [3.63, 3.8) is 0 Å². The van der Waals surface area contributed by atoms with Crippen LogP contribution >= 0.6 is 39.3 Å². The van der Waals surface area contributed by atoms with E-state index in [0.717, 1.165) is 22.2 Å². The number of esters is 1. The first-order valence-corrected chi connectivity index (χ1v) is 11.5. The Hall–Kier alpha value is -2.82. The number of halogens is 2. The molecule has 2 aromatic rings. The highest BCUT2D eigenvalue weighted by molar-refractivity contribution is 9.10. The first kappa shape index (κ1) is 24.8. The zero-order valence-electron chi connectivity index (χ0n) is 17.5. The average molecular weight is 554 g/mol. The average Bonchev–Trinajstić information content (AvgIpc) is 3.03. The molecule has 1 N–H and O–H groups in total. The molecular formula is C22H18BrClN2O6S. The molecular weight excluding hydrogens is 536 g/mol. The number of hydrogen-bond acceptors (Lipinski definition) is 7. The minimum absolute atomic E-state index is 0.181. The highest BCUT2D eigenvalue weighted by atomic mass is 79.9. The topological polar surface area (TPSA) is 102 Å². The maximum atomic E-state index is 12.4. The third-order valence-corrected chi connectivity index (χ3v) is 6.39. The van der Waals surface area contributed by atoms with Crippen LogP contribution in [0.4, 0.5) is 10.5 Å². The van der Waals surface area contributed by atoms with Crippen LogP contribution in [0.1, 0.15) is 11.1 Å². The molecule has 0 radical (unpaired) electrons. The Labute approximate surface area is 207 Å². The Bertz CT molecular complexity index is 1170. The summed E-state index contributed by atoms with van der Waals surface area (Å²) < 4.78 is 10.6. The van der Waals surface area contributed by atoms with Crippen LogP contribution in [-0.2, 0) is 19.1 Å². The molecule has 1 saturated heterocycles. The number of carbonyl (C=O) groups is 4. The van der Waals surface area contributed by atoms with E-state index >= 15 is 0 Å². The second-order valence-corrected chi connectivity index (χ2v) is 9.09. The minimum Gasteiger partial charge on any atom is -0.483 e. The third kappa shape index (κ3) is 6.37. The number of methoxy groups -OCH3 is 1. The van der Waals surface area contributed by atoms with Crippen molar-refractivity contribution in [2.45, 2.75) is 6.92 Å². The van der Waals surface area contributed by atoms with Crippen molar-refractivity contribution in [3.8, 4) is 5.75 Å². The number of aryl methyl sites for hydroxylation is 1. The SMILES string of the molecule is COC(=O)CN1C(=O)S/C(=C\c2ccc(OCC(=O)Nc3ccc(C)c(Cl)c3)c(Br)c2)C1=O. The molecule has 0 aromatic heterocycles. The number of ether oxygens (including phenoxy) is 2. The van der Waals surface area contributed by atoms with E-state index in [2.05, 4.69) is 26.0 Å². The number of nitrogens with zero attached hydrogens (tertiary/aromatic N) is 1. The van der Waals surface area contributed by atoms with Crippen LogP contribution in [0, 0.1) is 6.92 Å². The van der Waals surface area contributed by atoms with Crippen LogP contribution in [0.5, 0.6) is 5.75 Å². The number of benzene rings is 2. The van der Waals surface area contributed by atoms with E-state index in [0.29, 0.717) is 26.5 Å². The van der Waals surface area contributed by atoms with E-state index in [1.54, 1.807) is 36.4 Å². The predicted molar refractivity (Wildman–Crippen MR) is 129 cm³/mol. The summed E-state index contributed by atoms with van der Waals surface area (Å²) in [5.41, 5.74) is 2.09. The first-order chi connectivity index (χ1) is 15.7. The summed E-state index contributed by atoms with van der Waals surface area (Å²) in [6.07, 6.45) is 1.53. The normalized spacial score (nSPS) is 14.5. The molecule has 1 aliphatic rings. The van der Waals surface area contributed by atoms with Crippen molar-refractivity contribution >= 4 is 74.1 Å². The quantitative estimate of drug-likeness (QED) is 0.394. The first-order valence-electron chi connectivity index (χ1n) is 9.48. The summed E-state index contributed by atoms with van der Waals surface area (Å²) in [5.74, 6) is -1.19. The Morgan fingerprint density at radius 1 is 1.21 bits per heavy atom. The third-order valence-electron chi connectivity index (χ3n) is 4.46. The molecule has 0 atom stereocenters. The number of imide groups is 1. The van der Waals surface area contributed by atoms with E-state index in [9.17, 15) is 19.2 Å². The molecule has 0 unspecified atom stereocenters. The lowest BCUT2D eigenvalue weighted by atomic mass is 10.2. The van der Waals surface area contributed by atoms with E-state index in [1.807, 2.05) is 6.92 Å². The maximum absolute atomic E-state index is 12.4. The Morgan fingerprint density at radius 3 is 2.64 bits per heavy atom. The van der Waals surface area contributed by atoms with Gasteiger partial charge in [0.05, 0.1) is 16.5 Å². The van der Waals surface area contributed by atoms with Gasteiger partial charge in [-0.05, 0) is 76.1 Å². The Kier molecular flexibility index (Phi) is 8.17. The Morgan fingerprint density at radius 2 is 1.97 bits per heavy atom. The van der Waals surface area contributed by atoms with Crippen LogP contribution < -0.4 is 10.1 Å². The molecule has 33 heavy (non-hydrogen) atoms. The van der Waals surface area contributed by atoms with Gasteiger partial charge < -0.3 is 14.8 Å². The van der Waals surface area contributed by atoms with Crippen LogP contribution in [-0.4, -0.2) is 48.2 Å². The van der Waals surface area contributed by atoms with Crippen LogP contribution in [0.3, 0.4) is 0 Å². The molecule has 0 bridgehead atoms. The predicted octanol–water partition coefficient (Wildman–Crippen LogP) is 4.64. The van der Waals surface area contributed by atoms with Gasteiger partial charge in [-0.25, -0.2) is 0 Å². The standard InChI is InChI=1S/C22H18BrClN2O6S/c1-12-3-5-14(9-16(12)24)25-19(27)11-32-17-6-4-13(7-15(17)23)8-18-21(29)26(22(30)33-18)10-20(28)31-2/h3-9H,10-11H2,1-2H3,(H,25,27)/b18-8-. The van der Waals surface area contributed by atoms with Crippen molar-refractivity contribution in [1.29, 1.82) is 0 Å². The lowest BCUT2D eigenvalue weighted by Gasteiger charge is -2.10. The summed E-state index contributed by atoms with van der Waals surface area (Å²) >= 11 is 10.2. The molecule has 11 heteroatoms. The molecule has 0 aliphatic carbocycles. The van der Waals surface area contributed by atoms with Crippen LogP contribution in [0.15, 0.2) is 45.8 Å². The summed E-state index contributed by atoms with van der Waals surface area (Å²) in [4.78, 5) is 49.0. The summed E-state index contributed by atoms with van der Waals surface area (Å²) in [7, 11) is 1.18. The molecule has 0 saturated carbocycles. The molecule has 2 aromatic carbocycles. The number of carbonyl (C=O) groups excluding carboxylic acids is 4. The number of rotatable bonds is 7. The smallest absolute Gasteiger partial charge is 0.325 e. The van der Waals surface area contributed by atoms with Crippen molar-refractivity contribution in [2.75, 3.05) is 25.6 Å². The lowest BCUT2D eigenvalue weighted by molar-refractivity contribution is -0.143. The molecule has 3 amide bonds. The lowest BCUT2D eigenvalue weighted by Crippen LogP contribution is -2.34. The highest BCUT2D eigenvalue weighted by Gasteiger charge is 2.36. The fourth-order valence-electron chi connectivity index (χ4n) is 2.72. The van der Waals surface area contributed by atoms with Crippen molar-refractivity contribution < 1.29 is 28.7 Å². The minimum atomic E-state index is -0.683. The maximum Gasteiger partial charge on any atom is 0.325 e. The number of thioether (sulfide) groups is 1. The van der Waals surface area contributed by atoms with Gasteiger partial charge in [0.15, 0.2) is 6.61 Å². The summed E-state index contributed by atoms with van der Waals surface area (Å²) in [5, 5.41) is 2.71. The van der Waals surface area contributed by atoms with Crippen molar-refractivity contribution in [2.24, 2.45) is 0 Å². The zero-order chi connectivity index (χ0) is 24.1. The van der Waals surface area contributed by atoms with Gasteiger partial charge in [0.2, 0.25) is 0 Å². The van der Waals surface area contributed by atoms with E-state index in [-0.39, 0.29) is 17.4 Å². The van der Waals surface area contributed by atoms with Gasteiger partial charge in [0.25, 0.3) is 17.1 Å². The number of nitrogens with one attached hydrogen (secondary N) is 1. The van der Waals surface area contributed by atoms with Gasteiger partial charge in [-0.3, -0.25) is 24.1 Å². The molecule has 0 spiro atoms. The molecule has 1 aliphatic heterocycles. The van der Waals surface area contributed by atoms with E-state index < -0.39 is 23.7 Å². The number of anilines is 1. The fraction of sp³-hybridized carbons (Fsp3) is 0.182.